The minimum atomic E-state index is -1.76. The minimum absolute atomic E-state index is 0.00241. The highest BCUT2D eigenvalue weighted by Crippen LogP contribution is 2.33. The number of aromatic hydroxyl groups is 1. The first kappa shape index (κ1) is 112. The van der Waals surface area contributed by atoms with E-state index in [9.17, 15) is 77.3 Å². The summed E-state index contributed by atoms with van der Waals surface area (Å²) < 4.78 is 0. The lowest BCUT2D eigenvalue weighted by molar-refractivity contribution is -0.142. The van der Waals surface area contributed by atoms with Gasteiger partial charge in [0.15, 0.2) is 35.8 Å². The Bertz CT molecular complexity index is 3890. The van der Waals surface area contributed by atoms with Crippen LogP contribution in [0.25, 0.3) is 0 Å². The zero-order chi connectivity index (χ0) is 96.5. The summed E-state index contributed by atoms with van der Waals surface area (Å²) in [5, 5.41) is 123. The monoisotopic (exact) mass is 1850 g/mol. The number of fused-ring (bicyclic) bond motifs is 1. The van der Waals surface area contributed by atoms with Gasteiger partial charge in [0, 0.05) is 76.5 Å². The molecule has 2 fully saturated rings. The first-order valence-corrected chi connectivity index (χ1v) is 43.5. The van der Waals surface area contributed by atoms with Crippen LogP contribution in [0.5, 0.6) is 5.75 Å². The zero-order valence-corrected chi connectivity index (χ0v) is 73.4. The van der Waals surface area contributed by atoms with Gasteiger partial charge >= 0.3 is 12.0 Å². The Morgan fingerprint density at radius 2 is 0.698 bits per heavy atom. The van der Waals surface area contributed by atoms with E-state index in [4.69, 9.17) is 94.0 Å². The fourth-order valence-electron chi connectivity index (χ4n) is 13.2. The maximum Gasteiger partial charge on any atom is 0.326 e. The maximum absolute atomic E-state index is 14.9. The van der Waals surface area contributed by atoms with Crippen molar-refractivity contribution < 1.29 is 87.2 Å². The first-order valence-electron chi connectivity index (χ1n) is 42.5. The van der Waals surface area contributed by atoms with Gasteiger partial charge in [0.1, 0.15) is 66.2 Å². The van der Waals surface area contributed by atoms with Crippen LogP contribution in [-0.2, 0) is 73.5 Å². The van der Waals surface area contributed by atoms with Gasteiger partial charge in [-0.2, -0.15) is 11.8 Å². The molecule has 13 atom stereocenters. The van der Waals surface area contributed by atoms with E-state index in [1.54, 1.807) is 23.9 Å². The highest BCUT2D eigenvalue weighted by molar-refractivity contribution is 8.00. The van der Waals surface area contributed by atoms with Gasteiger partial charge in [0.05, 0.1) is 18.6 Å². The SMILES string of the molecule is CC(=O)O.N=C(N)NCCC[C@H](NC(=O)CNC(=O)[C@H](Cc1ccc(O)cc1)NC(=O)CCCC[C@H]1SC[C@H]2NC(=O)N[C@H]21)C(=O)N[C@@H](CCCCN)C(=O)N[C@H](CCCCN)C(=O)N[C@@H](CCCNC(=N)N)C(=O)N[C@H](CCCNC(=N)N)C(=O)N[C@@H](CCC(N)=O)C(=O)N[C@@H](CCCNC(=N)N)C(=O)N[C@@H](CCCNC(=N)N)C(=O)N[C@H](CCCNC(=N)N)C(=O)O. The number of carbonyl (C=O) groups excluding carboxylic acids is 13. The summed E-state index contributed by atoms with van der Waals surface area (Å²) >= 11 is 1.74. The number of thioether (sulfide) groups is 1. The summed E-state index contributed by atoms with van der Waals surface area (Å²) in [6.45, 7) is 0.608. The van der Waals surface area contributed by atoms with Gasteiger partial charge in [0.25, 0.3) is 5.97 Å². The lowest BCUT2D eigenvalue weighted by atomic mass is 10.0. The van der Waals surface area contributed by atoms with Crippen LogP contribution in [0.2, 0.25) is 0 Å². The van der Waals surface area contributed by atoms with E-state index in [0.717, 1.165) is 19.1 Å². The van der Waals surface area contributed by atoms with Gasteiger partial charge < -0.3 is 168 Å². The summed E-state index contributed by atoms with van der Waals surface area (Å²) in [6, 6.07) is -9.59. The van der Waals surface area contributed by atoms with Crippen molar-refractivity contribution in [2.24, 2.45) is 51.6 Å². The van der Waals surface area contributed by atoms with Crippen LogP contribution < -0.4 is 153 Å². The summed E-state index contributed by atoms with van der Waals surface area (Å²) in [4.78, 5) is 204. The van der Waals surface area contributed by atoms with Crippen molar-refractivity contribution in [3.05, 3.63) is 29.8 Å². The van der Waals surface area contributed by atoms with Crippen LogP contribution in [0.3, 0.4) is 0 Å². The molecule has 2 aliphatic heterocycles. The molecule has 129 heavy (non-hydrogen) atoms. The number of primary amides is 1. The molecule has 2 aliphatic rings. The number of guanidine groups is 6. The molecule has 3 rings (SSSR count). The summed E-state index contributed by atoms with van der Waals surface area (Å²) in [6.07, 6.45) is 0.515. The maximum atomic E-state index is 14.9. The minimum Gasteiger partial charge on any atom is -0.508 e. The van der Waals surface area contributed by atoms with E-state index in [0.29, 0.717) is 31.2 Å². The molecule has 53 heteroatoms. The lowest BCUT2D eigenvalue weighted by Crippen LogP contribution is -2.60. The highest BCUT2D eigenvalue weighted by Gasteiger charge is 2.43. The molecular formula is C76H136N34O18S. The van der Waals surface area contributed by atoms with Gasteiger partial charge in [-0.3, -0.25) is 94.8 Å². The molecule has 46 N–H and O–H groups in total. The van der Waals surface area contributed by atoms with Crippen LogP contribution in [-0.4, -0.2) is 282 Å². The number of hydrogen-bond donors (Lipinski definition) is 37. The Balaban J connectivity index is 0.0000138. The number of aliphatic carboxylic acids is 2. The van der Waals surface area contributed by atoms with Crippen molar-refractivity contribution in [1.82, 2.24) is 101 Å². The molecule has 2 saturated heterocycles. The molecule has 0 spiro atoms. The van der Waals surface area contributed by atoms with Crippen molar-refractivity contribution in [2.45, 2.75) is 245 Å². The topological polar surface area (TPSA) is 923 Å². The lowest BCUT2D eigenvalue weighted by Gasteiger charge is -2.28. The number of benzene rings is 1. The Morgan fingerprint density at radius 3 is 1.02 bits per heavy atom. The third-order valence-electron chi connectivity index (χ3n) is 19.7. The highest BCUT2D eigenvalue weighted by atomic mass is 32.2. The molecule has 0 aliphatic carbocycles. The van der Waals surface area contributed by atoms with Gasteiger partial charge in [-0.25, -0.2) is 9.59 Å². The number of amides is 14. The summed E-state index contributed by atoms with van der Waals surface area (Å²) in [5.74, 6) is -15.3. The normalized spacial score (nSPS) is 15.7. The van der Waals surface area contributed by atoms with Crippen molar-refractivity contribution in [1.29, 1.82) is 32.5 Å². The molecule has 0 bridgehead atoms. The Labute approximate surface area is 751 Å². The van der Waals surface area contributed by atoms with E-state index >= 15 is 0 Å². The standard InChI is InChI=1S/C74H132N34O16S.C2H4O2/c75-29-5-3-13-43(99-59(114)42(15-7-31-90-68(78)79)97-56(112)38-96-58(113)51(37-40-23-25-41(109)26-24-40)98-55(111)22-2-1-21-53-57-52(39-125-53)107-74(124)108-57)60(115)100-44(14-4-6-30-76)61(116)101-45(16-8-32-91-69(80)81)62(117)102-47(18-10-34-93-71(84)85)64(119)105-49(27-28-54(77)110)66(121)104-46(17-9-33-92-70(82)83)63(118)103-48(19-11-35-94-72(86)87)65(120)106-50(67(122)123)20-12-36-95-73(88)89;1-2(3)4/h23-26,42-53,57,109H,1-22,27-39,75-76H2,(H2,77,110)(H,96,113)(H,97,112)(H,98,111)(H,99,114)(H,100,115)(H,101,116)(H,102,117)(H,103,118)(H,104,121)(H,105,119)(H,106,120)(H,122,123)(H4,78,79,90)(H4,80,81,91)(H4,82,83,92)(H4,84,85,93)(H4,86,87,94)(H4,88,89,95)(H2,107,108,124);1H3,(H,3,4)/t42-,43-,44+,45-,46-,47+,48-,49-,50+,51-,52+,53+,57+;/m0./s1. The van der Waals surface area contributed by atoms with E-state index < -0.39 is 192 Å². The zero-order valence-electron chi connectivity index (χ0n) is 72.6. The number of unbranched alkanes of at least 4 members (excludes halogenated alkanes) is 3. The number of carboxylic acid groups (broad SMARTS) is 2. The van der Waals surface area contributed by atoms with Crippen molar-refractivity contribution >= 4 is 136 Å². The predicted molar refractivity (Wildman–Crippen MR) is 478 cm³/mol. The smallest absolute Gasteiger partial charge is 0.326 e. The van der Waals surface area contributed by atoms with Crippen LogP contribution in [0.15, 0.2) is 24.3 Å². The average Bonchev–Trinajstić information content (AvgIpc) is 1.66. The second-order valence-electron chi connectivity index (χ2n) is 30.5. The van der Waals surface area contributed by atoms with Crippen LogP contribution in [0.4, 0.5) is 4.79 Å². The molecule has 1 aromatic carbocycles. The van der Waals surface area contributed by atoms with E-state index in [1.165, 1.54) is 12.1 Å². The second kappa shape index (κ2) is 62.8. The molecule has 14 amide bonds. The molecule has 0 aromatic heterocycles. The second-order valence-corrected chi connectivity index (χ2v) is 31.8. The number of phenols is 1. The molecule has 52 nitrogen and oxygen atoms in total. The number of phenolic OH excluding ortho intramolecular Hbond substituents is 1. The van der Waals surface area contributed by atoms with Gasteiger partial charge in [0.2, 0.25) is 70.9 Å². The number of nitrogens with two attached hydrogens (primary N) is 9. The quantitative estimate of drug-likeness (QED) is 0.0125. The number of rotatable bonds is 64. The van der Waals surface area contributed by atoms with Crippen molar-refractivity contribution in [3.63, 3.8) is 0 Å². The van der Waals surface area contributed by atoms with Crippen molar-refractivity contribution in [2.75, 3.05) is 64.7 Å². The average molecular weight is 1850 g/mol. The van der Waals surface area contributed by atoms with Gasteiger partial charge in [-0.15, -0.1) is 0 Å². The molecule has 1 aromatic rings. The number of urea groups is 1. The third kappa shape index (κ3) is 50.0. The number of carbonyl (C=O) groups is 15. The van der Waals surface area contributed by atoms with E-state index in [2.05, 4.69) is 101 Å². The number of carboxylic acids is 2. The number of nitrogens with one attached hydrogen (secondary N) is 25. The van der Waals surface area contributed by atoms with Gasteiger partial charge in [-0.05, 0) is 166 Å². The summed E-state index contributed by atoms with van der Waals surface area (Å²) in [7, 11) is 0. The van der Waals surface area contributed by atoms with E-state index in [1.807, 2.05) is 0 Å². The summed E-state index contributed by atoms with van der Waals surface area (Å²) in [5.41, 5.74) is 50.9. The molecule has 2 heterocycles. The predicted octanol–water partition coefficient (Wildman–Crippen LogP) is -9.10. The molecular weight excluding hydrogens is 1710 g/mol. The van der Waals surface area contributed by atoms with Crippen LogP contribution in [0.1, 0.15) is 167 Å². The van der Waals surface area contributed by atoms with Crippen LogP contribution >= 0.6 is 11.8 Å². The Hall–Kier alpha value is -13.2. The molecule has 0 radical (unpaired) electrons. The molecule has 0 saturated carbocycles. The van der Waals surface area contributed by atoms with Gasteiger partial charge in [-0.1, -0.05) is 18.6 Å². The fraction of sp³-hybridized carbons (Fsp3) is 0.645. The molecule has 724 valence electrons. The first-order chi connectivity index (χ1) is 61.1. The largest absolute Gasteiger partial charge is 0.508 e. The van der Waals surface area contributed by atoms with Crippen molar-refractivity contribution in [3.8, 4) is 5.75 Å². The Kier molecular flexibility index (Phi) is 54.5. The van der Waals surface area contributed by atoms with Crippen LogP contribution in [0, 0.1) is 32.5 Å². The Morgan fingerprint density at radius 1 is 0.388 bits per heavy atom. The fourth-order valence-corrected chi connectivity index (χ4v) is 14.7. The van der Waals surface area contributed by atoms with E-state index in [-0.39, 0.29) is 203 Å². The third-order valence-corrected chi connectivity index (χ3v) is 21.2. The number of hydrogen-bond acceptors (Lipinski definition) is 25. The molecule has 0 unspecified atom stereocenters.